The Morgan fingerprint density at radius 3 is 2.85 bits per heavy atom. The molecule has 2 aromatic heterocycles. The number of carbonyl (C=O) groups is 1. The number of unbranched alkanes of at least 4 members (excludes halogenated alkanes) is 2. The van der Waals surface area contributed by atoms with Crippen molar-refractivity contribution in [2.24, 2.45) is 0 Å². The number of benzene rings is 1. The summed E-state index contributed by atoms with van der Waals surface area (Å²) in [5.74, 6) is 0. The van der Waals surface area contributed by atoms with E-state index in [1.54, 1.807) is 18.3 Å². The maximum absolute atomic E-state index is 12.4. The molecule has 2 heterocycles. The van der Waals surface area contributed by atoms with Crippen LogP contribution in [0.25, 0.3) is 5.65 Å². The van der Waals surface area contributed by atoms with Crippen LogP contribution in [0.1, 0.15) is 31.7 Å². The summed E-state index contributed by atoms with van der Waals surface area (Å²) in [4.78, 5) is 24.3. The number of hydrogen-bond acceptors (Lipinski definition) is 3. The van der Waals surface area contributed by atoms with Gasteiger partial charge in [0, 0.05) is 18.4 Å². The van der Waals surface area contributed by atoms with Crippen molar-refractivity contribution in [1.29, 1.82) is 0 Å². The number of rotatable bonds is 7. The van der Waals surface area contributed by atoms with Crippen LogP contribution in [-0.2, 0) is 6.54 Å². The van der Waals surface area contributed by atoms with E-state index in [1.165, 1.54) is 9.08 Å². The zero-order valence-electron chi connectivity index (χ0n) is 14.8. The zero-order chi connectivity index (χ0) is 18.4. The number of aromatic nitrogens is 3. The van der Waals surface area contributed by atoms with Crippen molar-refractivity contribution in [3.63, 3.8) is 0 Å². The number of carbonyl (C=O) groups excluding carboxylic acids is 1. The second-order valence-corrected chi connectivity index (χ2v) is 6.16. The smallest absolute Gasteiger partial charge is 0.338 e. The molecule has 26 heavy (non-hydrogen) atoms. The van der Waals surface area contributed by atoms with Crippen molar-refractivity contribution < 1.29 is 4.79 Å². The minimum absolute atomic E-state index is 0.187. The molecule has 0 aliphatic heterocycles. The SMILES string of the molecule is CCCCCNC(=O)Nc1cccc(Cn2nc3ccccn3c2=O)c1. The average molecular weight is 353 g/mol. The second kappa shape index (κ2) is 8.33. The highest BCUT2D eigenvalue weighted by molar-refractivity contribution is 5.89. The van der Waals surface area contributed by atoms with Gasteiger partial charge in [0.25, 0.3) is 0 Å². The molecule has 7 heteroatoms. The van der Waals surface area contributed by atoms with Crippen LogP contribution >= 0.6 is 0 Å². The van der Waals surface area contributed by atoms with Crippen LogP contribution in [-0.4, -0.2) is 26.8 Å². The number of nitrogens with zero attached hydrogens (tertiary/aromatic N) is 3. The van der Waals surface area contributed by atoms with Crippen LogP contribution in [0.4, 0.5) is 10.5 Å². The molecule has 0 saturated carbocycles. The number of anilines is 1. The Morgan fingerprint density at radius 2 is 2.04 bits per heavy atom. The first-order chi connectivity index (χ1) is 12.7. The van der Waals surface area contributed by atoms with Crippen molar-refractivity contribution in [3.8, 4) is 0 Å². The van der Waals surface area contributed by atoms with Gasteiger partial charge in [0.1, 0.15) is 0 Å². The van der Waals surface area contributed by atoms with E-state index in [0.717, 1.165) is 24.8 Å². The summed E-state index contributed by atoms with van der Waals surface area (Å²) in [7, 11) is 0. The number of amides is 2. The molecule has 3 aromatic rings. The molecule has 0 bridgehead atoms. The fourth-order valence-corrected chi connectivity index (χ4v) is 2.74. The molecule has 0 aliphatic rings. The Labute approximate surface area is 151 Å². The number of fused-ring (bicyclic) bond motifs is 1. The van der Waals surface area contributed by atoms with Crippen molar-refractivity contribution >= 4 is 17.4 Å². The Bertz CT molecular complexity index is 944. The topological polar surface area (TPSA) is 80.4 Å². The summed E-state index contributed by atoms with van der Waals surface area (Å²) in [6.45, 7) is 3.13. The predicted molar refractivity (Wildman–Crippen MR) is 102 cm³/mol. The molecule has 3 rings (SSSR count). The molecule has 0 spiro atoms. The Kier molecular flexibility index (Phi) is 5.68. The molecule has 0 atom stereocenters. The molecule has 1 aromatic carbocycles. The summed E-state index contributed by atoms with van der Waals surface area (Å²) < 4.78 is 2.92. The molecule has 7 nitrogen and oxygen atoms in total. The Morgan fingerprint density at radius 1 is 1.15 bits per heavy atom. The van der Waals surface area contributed by atoms with Gasteiger partial charge in [-0.15, -0.1) is 5.10 Å². The maximum Gasteiger partial charge on any atom is 0.350 e. The second-order valence-electron chi connectivity index (χ2n) is 6.16. The molecular weight excluding hydrogens is 330 g/mol. The van der Waals surface area contributed by atoms with E-state index >= 15 is 0 Å². The highest BCUT2D eigenvalue weighted by atomic mass is 16.2. The molecule has 0 radical (unpaired) electrons. The van der Waals surface area contributed by atoms with Gasteiger partial charge in [0.15, 0.2) is 5.65 Å². The van der Waals surface area contributed by atoms with E-state index in [2.05, 4.69) is 22.7 Å². The maximum atomic E-state index is 12.4. The van der Waals surface area contributed by atoms with E-state index in [4.69, 9.17) is 0 Å². The van der Waals surface area contributed by atoms with Gasteiger partial charge in [-0.2, -0.15) is 0 Å². The van der Waals surface area contributed by atoms with E-state index in [-0.39, 0.29) is 11.7 Å². The van der Waals surface area contributed by atoms with Gasteiger partial charge < -0.3 is 10.6 Å². The first-order valence-electron chi connectivity index (χ1n) is 8.85. The molecule has 2 N–H and O–H groups in total. The highest BCUT2D eigenvalue weighted by Crippen LogP contribution is 2.11. The van der Waals surface area contributed by atoms with E-state index in [9.17, 15) is 9.59 Å². The van der Waals surface area contributed by atoms with Gasteiger partial charge in [-0.05, 0) is 36.2 Å². The minimum Gasteiger partial charge on any atom is -0.338 e. The largest absolute Gasteiger partial charge is 0.350 e. The molecule has 0 unspecified atom stereocenters. The van der Waals surface area contributed by atoms with E-state index < -0.39 is 0 Å². The number of nitrogens with one attached hydrogen (secondary N) is 2. The van der Waals surface area contributed by atoms with E-state index in [0.29, 0.717) is 24.4 Å². The van der Waals surface area contributed by atoms with Crippen molar-refractivity contribution in [1.82, 2.24) is 19.5 Å². The van der Waals surface area contributed by atoms with Crippen molar-refractivity contribution in [2.45, 2.75) is 32.7 Å². The van der Waals surface area contributed by atoms with Gasteiger partial charge in [0.2, 0.25) is 0 Å². The summed E-state index contributed by atoms with van der Waals surface area (Å²) >= 11 is 0. The molecule has 0 aliphatic carbocycles. The lowest BCUT2D eigenvalue weighted by Gasteiger charge is -2.09. The van der Waals surface area contributed by atoms with Crippen molar-refractivity contribution in [3.05, 3.63) is 64.7 Å². The molecule has 0 saturated heterocycles. The molecule has 136 valence electrons. The fourth-order valence-electron chi connectivity index (χ4n) is 2.74. The van der Waals surface area contributed by atoms with E-state index in [1.807, 2.05) is 30.3 Å². The van der Waals surface area contributed by atoms with Gasteiger partial charge in [-0.25, -0.2) is 14.3 Å². The standard InChI is InChI=1S/C19H23N5O2/c1-2-3-5-11-20-18(25)21-16-9-7-8-15(13-16)14-24-19(26)23-12-6-4-10-17(23)22-24/h4,6-10,12-13H,2-3,5,11,14H2,1H3,(H2,20,21,25). The van der Waals surface area contributed by atoms with Crippen LogP contribution in [0.2, 0.25) is 0 Å². The van der Waals surface area contributed by atoms with Crippen LogP contribution in [0, 0.1) is 0 Å². The van der Waals surface area contributed by atoms with Crippen molar-refractivity contribution in [2.75, 3.05) is 11.9 Å². The number of pyridine rings is 1. The molecule has 2 amide bonds. The predicted octanol–water partition coefficient (Wildman–Crippen LogP) is 2.86. The quantitative estimate of drug-likeness (QED) is 0.641. The van der Waals surface area contributed by atoms with Crippen LogP contribution in [0.5, 0.6) is 0 Å². The van der Waals surface area contributed by atoms with Crippen LogP contribution in [0.15, 0.2) is 53.5 Å². The summed E-state index contributed by atoms with van der Waals surface area (Å²) in [6, 6.07) is 12.6. The lowest BCUT2D eigenvalue weighted by atomic mass is 10.2. The third kappa shape index (κ3) is 4.30. The first-order valence-corrected chi connectivity index (χ1v) is 8.85. The third-order valence-electron chi connectivity index (χ3n) is 4.07. The molecular formula is C19H23N5O2. The lowest BCUT2D eigenvalue weighted by molar-refractivity contribution is 0.252. The number of urea groups is 1. The number of hydrogen-bond donors (Lipinski definition) is 2. The zero-order valence-corrected chi connectivity index (χ0v) is 14.8. The monoisotopic (exact) mass is 353 g/mol. The minimum atomic E-state index is -0.219. The normalized spacial score (nSPS) is 10.8. The highest BCUT2D eigenvalue weighted by Gasteiger charge is 2.07. The summed E-state index contributed by atoms with van der Waals surface area (Å²) in [5, 5.41) is 9.99. The first kappa shape index (κ1) is 17.7. The van der Waals surface area contributed by atoms with Gasteiger partial charge in [-0.1, -0.05) is 38.0 Å². The van der Waals surface area contributed by atoms with Crippen LogP contribution in [0.3, 0.4) is 0 Å². The fraction of sp³-hybridized carbons (Fsp3) is 0.316. The molecule has 0 fully saturated rings. The lowest BCUT2D eigenvalue weighted by Crippen LogP contribution is -2.29. The average Bonchev–Trinajstić information content (AvgIpc) is 2.95. The van der Waals surface area contributed by atoms with Crippen LogP contribution < -0.4 is 16.3 Å². The van der Waals surface area contributed by atoms with Gasteiger partial charge >= 0.3 is 11.7 Å². The van der Waals surface area contributed by atoms with Gasteiger partial charge in [-0.3, -0.25) is 4.40 Å². The summed E-state index contributed by atoms with van der Waals surface area (Å²) in [5.41, 5.74) is 2.00. The Hall–Kier alpha value is -3.09. The van der Waals surface area contributed by atoms with Gasteiger partial charge in [0.05, 0.1) is 6.54 Å². The third-order valence-corrected chi connectivity index (χ3v) is 4.07. The summed E-state index contributed by atoms with van der Waals surface area (Å²) in [6.07, 6.45) is 4.89. The Balaban J connectivity index is 1.66.